The molecule has 0 radical (unpaired) electrons. The van der Waals surface area contributed by atoms with Crippen molar-refractivity contribution in [2.75, 3.05) is 26.2 Å². The molecule has 0 aromatic rings. The highest BCUT2D eigenvalue weighted by atomic mass is 15.2. The van der Waals surface area contributed by atoms with Crippen LogP contribution in [0.25, 0.3) is 0 Å². The number of likely N-dealkylation sites (tertiary alicyclic amines) is 1. The van der Waals surface area contributed by atoms with E-state index in [4.69, 9.17) is 0 Å². The van der Waals surface area contributed by atoms with Gasteiger partial charge in [0.1, 0.15) is 0 Å². The molecule has 18 heavy (non-hydrogen) atoms. The summed E-state index contributed by atoms with van der Waals surface area (Å²) in [6.07, 6.45) is 6.70. The van der Waals surface area contributed by atoms with Gasteiger partial charge in [0.25, 0.3) is 0 Å². The van der Waals surface area contributed by atoms with Gasteiger partial charge in [-0.15, -0.1) is 0 Å². The molecule has 0 aromatic carbocycles. The molecule has 1 unspecified atom stereocenters. The molecule has 0 amide bonds. The molecule has 1 heterocycles. The lowest BCUT2D eigenvalue weighted by molar-refractivity contribution is 0.166. The SMILES string of the molecule is CCNC(=NCCN1CCCCC1C)NC1CC1. The van der Waals surface area contributed by atoms with Crippen molar-refractivity contribution in [3.63, 3.8) is 0 Å². The number of rotatable bonds is 5. The van der Waals surface area contributed by atoms with Crippen LogP contribution in [0.2, 0.25) is 0 Å². The quantitative estimate of drug-likeness (QED) is 0.576. The Balaban J connectivity index is 1.72. The van der Waals surface area contributed by atoms with E-state index in [0.29, 0.717) is 6.04 Å². The van der Waals surface area contributed by atoms with Crippen LogP contribution >= 0.6 is 0 Å². The van der Waals surface area contributed by atoms with Crippen molar-refractivity contribution < 1.29 is 0 Å². The molecule has 0 spiro atoms. The summed E-state index contributed by atoms with van der Waals surface area (Å²) in [7, 11) is 0. The second-order valence-corrected chi connectivity index (χ2v) is 5.56. The molecule has 2 N–H and O–H groups in total. The standard InChI is InChI=1S/C14H28N4/c1-3-15-14(17-13-7-8-13)16-9-11-18-10-5-4-6-12(18)2/h12-13H,3-11H2,1-2H3,(H2,15,16,17). The number of nitrogens with one attached hydrogen (secondary N) is 2. The zero-order valence-electron chi connectivity index (χ0n) is 11.9. The van der Waals surface area contributed by atoms with Crippen LogP contribution in [0, 0.1) is 0 Å². The number of piperidine rings is 1. The third-order valence-corrected chi connectivity index (χ3v) is 3.86. The van der Waals surface area contributed by atoms with Gasteiger partial charge in [0, 0.05) is 25.2 Å². The van der Waals surface area contributed by atoms with Crippen molar-refractivity contribution in [3.8, 4) is 0 Å². The van der Waals surface area contributed by atoms with E-state index >= 15 is 0 Å². The summed E-state index contributed by atoms with van der Waals surface area (Å²) in [5.74, 6) is 1.00. The van der Waals surface area contributed by atoms with Crippen LogP contribution in [0.5, 0.6) is 0 Å². The molecule has 1 aliphatic carbocycles. The number of nitrogens with zero attached hydrogens (tertiary/aromatic N) is 2. The van der Waals surface area contributed by atoms with Gasteiger partial charge in [0.05, 0.1) is 6.54 Å². The lowest BCUT2D eigenvalue weighted by Crippen LogP contribution is -2.41. The maximum atomic E-state index is 4.67. The van der Waals surface area contributed by atoms with Crippen molar-refractivity contribution in [3.05, 3.63) is 0 Å². The Hall–Kier alpha value is -0.770. The van der Waals surface area contributed by atoms with Crippen LogP contribution in [-0.4, -0.2) is 49.1 Å². The van der Waals surface area contributed by atoms with E-state index in [0.717, 1.165) is 31.6 Å². The van der Waals surface area contributed by atoms with E-state index in [9.17, 15) is 0 Å². The lowest BCUT2D eigenvalue weighted by atomic mass is 10.0. The van der Waals surface area contributed by atoms with Crippen LogP contribution < -0.4 is 10.6 Å². The summed E-state index contributed by atoms with van der Waals surface area (Å²) < 4.78 is 0. The normalized spacial score (nSPS) is 26.1. The molecule has 2 rings (SSSR count). The predicted molar refractivity (Wildman–Crippen MR) is 77.0 cm³/mol. The second-order valence-electron chi connectivity index (χ2n) is 5.56. The molecule has 1 atom stereocenters. The number of hydrogen-bond acceptors (Lipinski definition) is 2. The molecule has 1 saturated carbocycles. The zero-order valence-corrected chi connectivity index (χ0v) is 11.9. The van der Waals surface area contributed by atoms with E-state index < -0.39 is 0 Å². The average molecular weight is 252 g/mol. The highest BCUT2D eigenvalue weighted by Crippen LogP contribution is 2.18. The first-order valence-electron chi connectivity index (χ1n) is 7.58. The van der Waals surface area contributed by atoms with E-state index in [1.165, 1.54) is 38.6 Å². The van der Waals surface area contributed by atoms with E-state index in [1.807, 2.05) is 0 Å². The van der Waals surface area contributed by atoms with Gasteiger partial charge in [-0.1, -0.05) is 6.42 Å². The van der Waals surface area contributed by atoms with Gasteiger partial charge in [0.2, 0.25) is 0 Å². The van der Waals surface area contributed by atoms with Crippen LogP contribution in [0.3, 0.4) is 0 Å². The van der Waals surface area contributed by atoms with Gasteiger partial charge >= 0.3 is 0 Å². The minimum atomic E-state index is 0.678. The molecule has 0 bridgehead atoms. The molecular formula is C14H28N4. The van der Waals surface area contributed by atoms with Crippen molar-refractivity contribution in [1.82, 2.24) is 15.5 Å². The van der Waals surface area contributed by atoms with E-state index in [1.54, 1.807) is 0 Å². The Labute approximate surface area is 111 Å². The van der Waals surface area contributed by atoms with E-state index in [-0.39, 0.29) is 0 Å². The lowest BCUT2D eigenvalue weighted by Gasteiger charge is -2.32. The number of guanidine groups is 1. The molecule has 1 aliphatic heterocycles. The Morgan fingerprint density at radius 2 is 2.11 bits per heavy atom. The minimum Gasteiger partial charge on any atom is -0.357 e. The van der Waals surface area contributed by atoms with Gasteiger partial charge in [-0.2, -0.15) is 0 Å². The summed E-state index contributed by atoms with van der Waals surface area (Å²) in [6.45, 7) is 8.67. The monoisotopic (exact) mass is 252 g/mol. The summed E-state index contributed by atoms with van der Waals surface area (Å²) in [6, 6.07) is 1.42. The third-order valence-electron chi connectivity index (χ3n) is 3.86. The largest absolute Gasteiger partial charge is 0.357 e. The summed E-state index contributed by atoms with van der Waals surface area (Å²) in [5, 5.41) is 6.78. The van der Waals surface area contributed by atoms with E-state index in [2.05, 4.69) is 34.4 Å². The third kappa shape index (κ3) is 4.48. The fourth-order valence-electron chi connectivity index (χ4n) is 2.52. The topological polar surface area (TPSA) is 39.7 Å². The molecule has 104 valence electrons. The van der Waals surface area contributed by atoms with Gasteiger partial charge in [-0.05, 0) is 46.1 Å². The predicted octanol–water partition coefficient (Wildman–Crippen LogP) is 1.58. The summed E-state index contributed by atoms with van der Waals surface area (Å²) in [5.41, 5.74) is 0. The fourth-order valence-corrected chi connectivity index (χ4v) is 2.52. The molecule has 1 saturated heterocycles. The van der Waals surface area contributed by atoms with Gasteiger partial charge in [0.15, 0.2) is 5.96 Å². The Morgan fingerprint density at radius 1 is 1.28 bits per heavy atom. The van der Waals surface area contributed by atoms with Crippen molar-refractivity contribution >= 4 is 5.96 Å². The maximum absolute atomic E-state index is 4.67. The van der Waals surface area contributed by atoms with Crippen LogP contribution in [-0.2, 0) is 0 Å². The Morgan fingerprint density at radius 3 is 2.78 bits per heavy atom. The number of hydrogen-bond donors (Lipinski definition) is 2. The first-order chi connectivity index (χ1) is 8.79. The number of aliphatic imine (C=N–C) groups is 1. The molecule has 4 heteroatoms. The first kappa shape index (κ1) is 13.7. The van der Waals surface area contributed by atoms with Gasteiger partial charge in [-0.25, -0.2) is 0 Å². The molecule has 2 aliphatic rings. The van der Waals surface area contributed by atoms with Crippen molar-refractivity contribution in [1.29, 1.82) is 0 Å². The maximum Gasteiger partial charge on any atom is 0.191 e. The zero-order chi connectivity index (χ0) is 12.8. The highest BCUT2D eigenvalue weighted by molar-refractivity contribution is 5.80. The average Bonchev–Trinajstić information content (AvgIpc) is 3.16. The molecule has 4 nitrogen and oxygen atoms in total. The Kier molecular flexibility index (Phi) is 5.29. The fraction of sp³-hybridized carbons (Fsp3) is 0.929. The van der Waals surface area contributed by atoms with Crippen LogP contribution in [0.4, 0.5) is 0 Å². The van der Waals surface area contributed by atoms with Gasteiger partial charge in [-0.3, -0.25) is 9.89 Å². The molecule has 0 aromatic heterocycles. The molecular weight excluding hydrogens is 224 g/mol. The highest BCUT2D eigenvalue weighted by Gasteiger charge is 2.22. The smallest absolute Gasteiger partial charge is 0.191 e. The first-order valence-corrected chi connectivity index (χ1v) is 7.58. The van der Waals surface area contributed by atoms with Gasteiger partial charge < -0.3 is 10.6 Å². The van der Waals surface area contributed by atoms with Crippen molar-refractivity contribution in [2.24, 2.45) is 4.99 Å². The summed E-state index contributed by atoms with van der Waals surface area (Å²) >= 11 is 0. The molecule has 2 fully saturated rings. The Bertz CT molecular complexity index is 273. The minimum absolute atomic E-state index is 0.678. The summed E-state index contributed by atoms with van der Waals surface area (Å²) in [4.78, 5) is 7.25. The van der Waals surface area contributed by atoms with Crippen LogP contribution in [0.15, 0.2) is 4.99 Å². The van der Waals surface area contributed by atoms with Crippen molar-refractivity contribution in [2.45, 2.75) is 58.0 Å². The second kappa shape index (κ2) is 6.98. The van der Waals surface area contributed by atoms with Crippen LogP contribution in [0.1, 0.15) is 46.0 Å².